The number of aryl methyl sites for hydroxylation is 1. The zero-order valence-electron chi connectivity index (χ0n) is 16.3. The summed E-state index contributed by atoms with van der Waals surface area (Å²) in [5.41, 5.74) is 2.24. The molecule has 2 aromatic rings. The summed E-state index contributed by atoms with van der Waals surface area (Å²) in [6, 6.07) is 17.6. The molecule has 0 bridgehead atoms. The molecule has 5 heteroatoms. The van der Waals surface area contributed by atoms with Crippen LogP contribution in [-0.4, -0.2) is 35.1 Å². The van der Waals surface area contributed by atoms with E-state index in [9.17, 15) is 9.59 Å². The molecule has 0 saturated heterocycles. The van der Waals surface area contributed by atoms with Crippen LogP contribution in [0.3, 0.4) is 0 Å². The number of carbonyl (C=O) groups is 2. The van der Waals surface area contributed by atoms with Gasteiger partial charge in [0, 0.05) is 30.2 Å². The maximum Gasteiger partial charge on any atom is 0.242 e. The summed E-state index contributed by atoms with van der Waals surface area (Å²) >= 11 is 1.66. The molecule has 0 aromatic heterocycles. The predicted octanol–water partition coefficient (Wildman–Crippen LogP) is 4.03. The Morgan fingerprint density at radius 1 is 1.07 bits per heavy atom. The molecule has 0 radical (unpaired) electrons. The maximum absolute atomic E-state index is 12.9. The smallest absolute Gasteiger partial charge is 0.242 e. The van der Waals surface area contributed by atoms with Crippen LogP contribution in [0.4, 0.5) is 0 Å². The molecule has 27 heavy (non-hydrogen) atoms. The Hall–Kier alpha value is -2.27. The molecule has 0 aliphatic heterocycles. The zero-order valence-corrected chi connectivity index (χ0v) is 17.1. The van der Waals surface area contributed by atoms with E-state index < -0.39 is 6.04 Å². The van der Waals surface area contributed by atoms with Crippen LogP contribution in [0.15, 0.2) is 59.5 Å². The van der Waals surface area contributed by atoms with Crippen LogP contribution in [0.2, 0.25) is 0 Å². The minimum absolute atomic E-state index is 0.00258. The largest absolute Gasteiger partial charge is 0.355 e. The fraction of sp³-hybridized carbons (Fsp3) is 0.364. The van der Waals surface area contributed by atoms with Crippen LogP contribution >= 0.6 is 11.8 Å². The number of hydrogen-bond donors (Lipinski definition) is 1. The highest BCUT2D eigenvalue weighted by Crippen LogP contribution is 2.20. The Morgan fingerprint density at radius 3 is 2.37 bits per heavy atom. The van der Waals surface area contributed by atoms with Crippen molar-refractivity contribution in [3.63, 3.8) is 0 Å². The fourth-order valence-corrected chi connectivity index (χ4v) is 3.56. The Bertz CT molecular complexity index is 732. The highest BCUT2D eigenvalue weighted by Gasteiger charge is 2.25. The van der Waals surface area contributed by atoms with Crippen molar-refractivity contribution >= 4 is 23.6 Å². The third-order valence-corrected chi connectivity index (χ3v) is 5.33. The molecule has 144 valence electrons. The van der Waals surface area contributed by atoms with Gasteiger partial charge < -0.3 is 10.2 Å². The van der Waals surface area contributed by atoms with Crippen molar-refractivity contribution < 1.29 is 9.59 Å². The van der Waals surface area contributed by atoms with E-state index in [0.717, 1.165) is 10.5 Å². The average Bonchev–Trinajstić information content (AvgIpc) is 2.68. The Balaban J connectivity index is 2.00. The van der Waals surface area contributed by atoms with E-state index in [4.69, 9.17) is 0 Å². The third kappa shape index (κ3) is 6.75. The van der Waals surface area contributed by atoms with Crippen LogP contribution in [0.25, 0.3) is 0 Å². The Morgan fingerprint density at radius 2 is 1.74 bits per heavy atom. The van der Waals surface area contributed by atoms with Gasteiger partial charge >= 0.3 is 0 Å². The summed E-state index contributed by atoms with van der Waals surface area (Å²) in [4.78, 5) is 28.0. The molecule has 2 amide bonds. The van der Waals surface area contributed by atoms with Gasteiger partial charge in [0.15, 0.2) is 0 Å². The molecule has 2 rings (SSSR count). The van der Waals surface area contributed by atoms with Crippen LogP contribution in [0.5, 0.6) is 0 Å². The molecule has 0 fully saturated rings. The second kappa shape index (κ2) is 10.8. The predicted molar refractivity (Wildman–Crippen MR) is 112 cm³/mol. The number of nitrogens with one attached hydrogen (secondary N) is 1. The second-order valence-corrected chi connectivity index (χ2v) is 7.66. The van der Waals surface area contributed by atoms with Gasteiger partial charge in [-0.15, -0.1) is 11.8 Å². The van der Waals surface area contributed by atoms with E-state index in [1.54, 1.807) is 23.6 Å². The summed E-state index contributed by atoms with van der Waals surface area (Å²) in [6.07, 6.45) is 0.398. The van der Waals surface area contributed by atoms with E-state index in [1.165, 1.54) is 5.56 Å². The monoisotopic (exact) mass is 384 g/mol. The number of rotatable bonds is 9. The van der Waals surface area contributed by atoms with E-state index in [-0.39, 0.29) is 11.8 Å². The van der Waals surface area contributed by atoms with Crippen molar-refractivity contribution in [2.75, 3.05) is 12.3 Å². The molecule has 0 unspecified atom stereocenters. The summed E-state index contributed by atoms with van der Waals surface area (Å²) < 4.78 is 0. The van der Waals surface area contributed by atoms with Gasteiger partial charge in [-0.25, -0.2) is 0 Å². The Labute approximate surface area is 166 Å². The Kier molecular flexibility index (Phi) is 8.40. The first-order valence-corrected chi connectivity index (χ1v) is 10.3. The van der Waals surface area contributed by atoms with Crippen LogP contribution < -0.4 is 5.32 Å². The highest BCUT2D eigenvalue weighted by molar-refractivity contribution is 7.99. The van der Waals surface area contributed by atoms with Gasteiger partial charge in [0.1, 0.15) is 6.04 Å². The number of benzene rings is 2. The van der Waals surface area contributed by atoms with Gasteiger partial charge in [0.05, 0.1) is 0 Å². The number of thioether (sulfide) groups is 1. The maximum atomic E-state index is 12.9. The third-order valence-electron chi connectivity index (χ3n) is 4.32. The number of carbonyl (C=O) groups excluding carboxylic acids is 2. The molecule has 1 N–H and O–H groups in total. The number of hydrogen-bond acceptors (Lipinski definition) is 3. The van der Waals surface area contributed by atoms with Gasteiger partial charge in [-0.05, 0) is 38.5 Å². The van der Waals surface area contributed by atoms with E-state index in [0.29, 0.717) is 25.3 Å². The van der Waals surface area contributed by atoms with Gasteiger partial charge in [0.2, 0.25) is 11.8 Å². The lowest BCUT2D eigenvalue weighted by Gasteiger charge is -2.28. The lowest BCUT2D eigenvalue weighted by Crippen LogP contribution is -2.47. The standard InChI is InChI=1S/C22H28N2O2S/c1-4-23-22(26)18(3)24(16-19-8-6-5-7-9-19)21(25)14-15-27-20-12-10-17(2)11-13-20/h5-13,18H,4,14-16H2,1-3H3,(H,23,26)/t18-/m0/s1. The molecular weight excluding hydrogens is 356 g/mol. The molecular formula is C22H28N2O2S. The van der Waals surface area contributed by atoms with E-state index in [1.807, 2.05) is 37.3 Å². The van der Waals surface area contributed by atoms with Crippen molar-refractivity contribution in [1.82, 2.24) is 10.2 Å². The van der Waals surface area contributed by atoms with Gasteiger partial charge in [0.25, 0.3) is 0 Å². The minimum atomic E-state index is -0.498. The summed E-state index contributed by atoms with van der Waals surface area (Å²) in [7, 11) is 0. The molecule has 0 spiro atoms. The number of amides is 2. The van der Waals surface area contributed by atoms with Gasteiger partial charge in [-0.3, -0.25) is 9.59 Å². The summed E-state index contributed by atoms with van der Waals surface area (Å²) in [5.74, 6) is 0.570. The number of likely N-dealkylation sites (N-methyl/N-ethyl adjacent to an activating group) is 1. The first-order valence-electron chi connectivity index (χ1n) is 9.31. The first kappa shape index (κ1) is 21.0. The highest BCUT2D eigenvalue weighted by atomic mass is 32.2. The quantitative estimate of drug-likeness (QED) is 0.664. The molecule has 0 aliphatic carbocycles. The average molecular weight is 385 g/mol. The molecule has 0 heterocycles. The van der Waals surface area contributed by atoms with Gasteiger partial charge in [-0.2, -0.15) is 0 Å². The lowest BCUT2D eigenvalue weighted by molar-refractivity contribution is -0.140. The van der Waals surface area contributed by atoms with Crippen molar-refractivity contribution in [3.05, 3.63) is 65.7 Å². The van der Waals surface area contributed by atoms with E-state index >= 15 is 0 Å². The topological polar surface area (TPSA) is 49.4 Å². The summed E-state index contributed by atoms with van der Waals surface area (Å²) in [5, 5.41) is 2.82. The lowest BCUT2D eigenvalue weighted by atomic mass is 10.1. The zero-order chi connectivity index (χ0) is 19.6. The fourth-order valence-electron chi connectivity index (χ4n) is 2.72. The first-order chi connectivity index (χ1) is 13.0. The van der Waals surface area contributed by atoms with Crippen molar-refractivity contribution in [2.45, 2.75) is 44.7 Å². The van der Waals surface area contributed by atoms with Crippen LogP contribution in [0, 0.1) is 6.92 Å². The molecule has 4 nitrogen and oxygen atoms in total. The normalized spacial score (nSPS) is 11.7. The molecule has 1 atom stereocenters. The van der Waals surface area contributed by atoms with Gasteiger partial charge in [-0.1, -0.05) is 48.0 Å². The van der Waals surface area contributed by atoms with E-state index in [2.05, 4.69) is 36.5 Å². The van der Waals surface area contributed by atoms with Crippen molar-refractivity contribution in [1.29, 1.82) is 0 Å². The summed E-state index contributed by atoms with van der Waals surface area (Å²) in [6.45, 7) is 6.72. The van der Waals surface area contributed by atoms with Crippen molar-refractivity contribution in [3.8, 4) is 0 Å². The minimum Gasteiger partial charge on any atom is -0.355 e. The molecule has 0 saturated carbocycles. The van der Waals surface area contributed by atoms with Crippen molar-refractivity contribution in [2.24, 2.45) is 0 Å². The number of nitrogens with zero attached hydrogens (tertiary/aromatic N) is 1. The molecule has 0 aliphatic rings. The van der Waals surface area contributed by atoms with Crippen LogP contribution in [-0.2, 0) is 16.1 Å². The van der Waals surface area contributed by atoms with Crippen LogP contribution in [0.1, 0.15) is 31.4 Å². The SMILES string of the molecule is CCNC(=O)[C@H](C)N(Cc1ccccc1)C(=O)CCSc1ccc(C)cc1. The molecule has 2 aromatic carbocycles. The second-order valence-electron chi connectivity index (χ2n) is 6.49.